The minimum atomic E-state index is -1.06. The molecule has 5 N–H and O–H groups in total. The number of thioether (sulfide) groups is 1. The molecule has 168 valence electrons. The van der Waals surface area contributed by atoms with Crippen LogP contribution in [0.5, 0.6) is 5.88 Å². The zero-order chi connectivity index (χ0) is 22.9. The fourth-order valence-electron chi connectivity index (χ4n) is 4.09. The van der Waals surface area contributed by atoms with Gasteiger partial charge in [0.2, 0.25) is 17.7 Å². The number of carbonyl (C=O) groups excluding carboxylic acids is 2. The van der Waals surface area contributed by atoms with E-state index in [0.717, 1.165) is 30.2 Å². The van der Waals surface area contributed by atoms with Gasteiger partial charge in [0.1, 0.15) is 10.8 Å². The molecular weight excluding hydrogens is 434 g/mol. The molecule has 0 bridgehead atoms. The van der Waals surface area contributed by atoms with E-state index in [1.54, 1.807) is 12.1 Å². The molecule has 1 aromatic carbocycles. The molecule has 0 unspecified atom stereocenters. The predicted molar refractivity (Wildman–Crippen MR) is 121 cm³/mol. The third-order valence-corrected chi connectivity index (χ3v) is 6.70. The molecule has 32 heavy (non-hydrogen) atoms. The highest BCUT2D eigenvalue weighted by Gasteiger charge is 2.43. The first-order chi connectivity index (χ1) is 15.3. The van der Waals surface area contributed by atoms with E-state index >= 15 is 0 Å². The average Bonchev–Trinajstić information content (AvgIpc) is 3.30. The van der Waals surface area contributed by atoms with Gasteiger partial charge >= 0.3 is 5.69 Å². The van der Waals surface area contributed by atoms with Crippen molar-refractivity contribution in [2.45, 2.75) is 49.8 Å². The zero-order valence-corrected chi connectivity index (χ0v) is 18.2. The number of anilines is 1. The molecular formula is C21H23N5O5S. The predicted octanol–water partition coefficient (Wildman–Crippen LogP) is 1.46. The number of nitrogens with one attached hydrogen (secondary N) is 4. The van der Waals surface area contributed by atoms with Gasteiger partial charge in [0.25, 0.3) is 5.56 Å². The van der Waals surface area contributed by atoms with Crippen molar-refractivity contribution in [3.8, 4) is 5.88 Å². The highest BCUT2D eigenvalue weighted by molar-refractivity contribution is 8.15. The van der Waals surface area contributed by atoms with E-state index in [1.165, 1.54) is 0 Å². The fourth-order valence-corrected chi connectivity index (χ4v) is 5.14. The molecule has 1 aliphatic carbocycles. The summed E-state index contributed by atoms with van der Waals surface area (Å²) >= 11 is 1.12. The Kier molecular flexibility index (Phi) is 5.92. The van der Waals surface area contributed by atoms with Crippen LogP contribution in [-0.2, 0) is 15.1 Å². The fraction of sp³-hybridized carbons (Fsp3) is 0.381. The molecule has 10 nitrogen and oxygen atoms in total. The van der Waals surface area contributed by atoms with Crippen molar-refractivity contribution in [2.75, 3.05) is 5.32 Å². The van der Waals surface area contributed by atoms with Gasteiger partial charge in [0, 0.05) is 12.1 Å². The first kappa shape index (κ1) is 21.9. The van der Waals surface area contributed by atoms with Crippen molar-refractivity contribution in [1.29, 1.82) is 0 Å². The molecule has 11 heteroatoms. The second-order valence-electron chi connectivity index (χ2n) is 8.00. The summed E-state index contributed by atoms with van der Waals surface area (Å²) in [7, 11) is 0. The van der Waals surface area contributed by atoms with Crippen molar-refractivity contribution in [3.63, 3.8) is 0 Å². The quantitative estimate of drug-likeness (QED) is 0.458. The summed E-state index contributed by atoms with van der Waals surface area (Å²) in [6, 6.07) is 7.35. The van der Waals surface area contributed by atoms with Crippen LogP contribution in [0.25, 0.3) is 0 Å². The Labute approximate surface area is 186 Å². The lowest BCUT2D eigenvalue weighted by Crippen LogP contribution is -2.35. The van der Waals surface area contributed by atoms with Crippen LogP contribution >= 0.6 is 11.8 Å². The summed E-state index contributed by atoms with van der Waals surface area (Å²) in [4.78, 5) is 57.7. The van der Waals surface area contributed by atoms with E-state index in [1.807, 2.05) is 19.1 Å². The van der Waals surface area contributed by atoms with Gasteiger partial charge in [0.05, 0.1) is 5.54 Å². The summed E-state index contributed by atoms with van der Waals surface area (Å²) in [5, 5.41) is 15.3. The summed E-state index contributed by atoms with van der Waals surface area (Å²) in [5.41, 5.74) is -0.867. The number of aromatic nitrogens is 2. The van der Waals surface area contributed by atoms with Crippen LogP contribution in [0, 0.1) is 6.92 Å². The number of amides is 2. The number of aromatic hydroxyl groups is 1. The maximum Gasteiger partial charge on any atom is 0.328 e. The van der Waals surface area contributed by atoms with Crippen molar-refractivity contribution in [1.82, 2.24) is 15.3 Å². The monoisotopic (exact) mass is 457 g/mol. The largest absolute Gasteiger partial charge is 0.494 e. The van der Waals surface area contributed by atoms with E-state index in [-0.39, 0.29) is 29.0 Å². The molecule has 1 aliphatic heterocycles. The number of aliphatic imine (C=N–C) groups is 1. The molecule has 0 radical (unpaired) electrons. The maximum absolute atomic E-state index is 12.5. The summed E-state index contributed by atoms with van der Waals surface area (Å²) in [6.07, 6.45) is 2.47. The van der Waals surface area contributed by atoms with Gasteiger partial charge in [-0.1, -0.05) is 42.3 Å². The standard InChI is InChI=1S/C21H23N5O5S/c1-11-4-6-12(7-5-11)22-14(27)10-13-16(28)25-20(32-13)26-21(8-2-3-9-21)15-17(29)23-19(31)24-18(15)30/h4-7,13H,2-3,8-10H2,1H3,(H,22,27)(H,25,26,28)(H3,23,24,29,30,31)/t13-/m1/s1. The van der Waals surface area contributed by atoms with Crippen LogP contribution in [0.2, 0.25) is 0 Å². The number of hydrogen-bond donors (Lipinski definition) is 5. The molecule has 1 atom stereocenters. The van der Waals surface area contributed by atoms with E-state index in [4.69, 9.17) is 0 Å². The molecule has 4 rings (SSSR count). The molecule has 2 amide bonds. The maximum atomic E-state index is 12.5. The van der Waals surface area contributed by atoms with Crippen molar-refractivity contribution in [2.24, 2.45) is 4.99 Å². The smallest absolute Gasteiger partial charge is 0.328 e. The molecule has 2 heterocycles. The number of aryl methyl sites for hydroxylation is 1. The Balaban J connectivity index is 1.52. The molecule has 0 spiro atoms. The van der Waals surface area contributed by atoms with E-state index in [9.17, 15) is 24.3 Å². The Bertz CT molecular complexity index is 1190. The van der Waals surface area contributed by atoms with Crippen molar-refractivity contribution in [3.05, 3.63) is 56.2 Å². The van der Waals surface area contributed by atoms with Gasteiger partial charge in [-0.15, -0.1) is 0 Å². The number of H-pyrrole nitrogens is 2. The third-order valence-electron chi connectivity index (χ3n) is 5.62. The molecule has 2 fully saturated rings. The van der Waals surface area contributed by atoms with E-state index < -0.39 is 27.9 Å². The number of hydrogen-bond acceptors (Lipinski definition) is 7. The highest BCUT2D eigenvalue weighted by Crippen LogP contribution is 2.44. The van der Waals surface area contributed by atoms with Gasteiger partial charge in [0.15, 0.2) is 5.17 Å². The third kappa shape index (κ3) is 4.47. The number of amidine groups is 1. The van der Waals surface area contributed by atoms with Crippen molar-refractivity contribution >= 4 is 34.4 Å². The Morgan fingerprint density at radius 1 is 1.19 bits per heavy atom. The van der Waals surface area contributed by atoms with Crippen LogP contribution in [0.3, 0.4) is 0 Å². The summed E-state index contributed by atoms with van der Waals surface area (Å²) < 4.78 is 0. The minimum Gasteiger partial charge on any atom is -0.494 e. The van der Waals surface area contributed by atoms with Gasteiger partial charge in [-0.25, -0.2) is 4.79 Å². The van der Waals surface area contributed by atoms with Crippen LogP contribution < -0.4 is 21.9 Å². The SMILES string of the molecule is Cc1ccc(NC(=O)C[C@H]2SC(=NC3(c4c(O)[nH]c(=O)[nH]c4=O)CCCC3)NC2=O)cc1. The first-order valence-corrected chi connectivity index (χ1v) is 11.1. The number of nitrogens with zero attached hydrogens (tertiary/aromatic N) is 1. The summed E-state index contributed by atoms with van der Waals surface area (Å²) in [6.45, 7) is 1.95. The topological polar surface area (TPSA) is 157 Å². The molecule has 1 saturated carbocycles. The van der Waals surface area contributed by atoms with Crippen LogP contribution in [-0.4, -0.2) is 37.3 Å². The van der Waals surface area contributed by atoms with E-state index in [0.29, 0.717) is 18.5 Å². The Hall–Kier alpha value is -3.34. The van der Waals surface area contributed by atoms with Gasteiger partial charge in [-0.2, -0.15) is 0 Å². The van der Waals surface area contributed by atoms with E-state index in [2.05, 4.69) is 25.6 Å². The molecule has 2 aromatic rings. The normalized spacial score (nSPS) is 21.0. The van der Waals surface area contributed by atoms with Crippen LogP contribution in [0.15, 0.2) is 38.8 Å². The lowest BCUT2D eigenvalue weighted by molar-refractivity contribution is -0.122. The second-order valence-corrected chi connectivity index (χ2v) is 9.19. The average molecular weight is 458 g/mol. The zero-order valence-electron chi connectivity index (χ0n) is 17.4. The number of aromatic amines is 2. The van der Waals surface area contributed by atoms with Gasteiger partial charge < -0.3 is 15.7 Å². The molecule has 1 saturated heterocycles. The highest BCUT2D eigenvalue weighted by atomic mass is 32.2. The molecule has 1 aromatic heterocycles. The van der Waals surface area contributed by atoms with Crippen LogP contribution in [0.1, 0.15) is 43.2 Å². The van der Waals surface area contributed by atoms with Gasteiger partial charge in [-0.3, -0.25) is 29.3 Å². The Morgan fingerprint density at radius 2 is 1.88 bits per heavy atom. The first-order valence-electron chi connectivity index (χ1n) is 10.3. The number of carbonyl (C=O) groups is 2. The summed E-state index contributed by atoms with van der Waals surface area (Å²) in [5.74, 6) is -1.16. The van der Waals surface area contributed by atoms with Crippen LogP contribution in [0.4, 0.5) is 5.69 Å². The number of benzene rings is 1. The molecule has 2 aliphatic rings. The second kappa shape index (κ2) is 8.65. The lowest BCUT2D eigenvalue weighted by Gasteiger charge is -2.24. The number of rotatable bonds is 5. The lowest BCUT2D eigenvalue weighted by atomic mass is 9.90. The van der Waals surface area contributed by atoms with Crippen molar-refractivity contribution < 1.29 is 14.7 Å². The minimum absolute atomic E-state index is 0.0162. The van der Waals surface area contributed by atoms with Gasteiger partial charge in [-0.05, 0) is 31.9 Å². The Morgan fingerprint density at radius 3 is 2.53 bits per heavy atom.